The normalized spacial score (nSPS) is 11.8. The van der Waals surface area contributed by atoms with Gasteiger partial charge in [-0.15, -0.1) is 0 Å². The summed E-state index contributed by atoms with van der Waals surface area (Å²) in [6.07, 6.45) is 14.6. The molecule has 0 N–H and O–H groups in total. The van der Waals surface area contributed by atoms with Gasteiger partial charge >= 0.3 is 8.56 Å². The maximum absolute atomic E-state index is 6.32. The van der Waals surface area contributed by atoms with E-state index in [0.29, 0.717) is 20.8 Å². The smallest absolute Gasteiger partial charge is 0.398 e. The lowest BCUT2D eigenvalue weighted by molar-refractivity contribution is 0.230. The van der Waals surface area contributed by atoms with E-state index >= 15 is 0 Å². The Kier molecular flexibility index (Phi) is 14.8. The SMILES string of the molecule is CCCCCCCCCCCCCO[Si](CC)(CC)Oc1cc(Cl)c(Cl)cc1Cl. The molecule has 0 aliphatic rings. The standard InChI is InChI=1S/C23H39Cl3O2Si/c1-4-7-8-9-10-11-12-13-14-15-16-17-27-29(5-2,6-3)28-23-19-21(25)20(24)18-22(23)26/h18-19H,4-17H2,1-3H3. The van der Waals surface area contributed by atoms with Crippen molar-refractivity contribution in [2.75, 3.05) is 6.61 Å². The summed E-state index contributed by atoms with van der Waals surface area (Å²) in [5.74, 6) is 0.579. The molecule has 1 aromatic rings. The second-order valence-electron chi connectivity index (χ2n) is 7.80. The topological polar surface area (TPSA) is 18.5 Å². The monoisotopic (exact) mass is 480 g/mol. The van der Waals surface area contributed by atoms with E-state index in [9.17, 15) is 0 Å². The Labute approximate surface area is 194 Å². The molecule has 0 saturated heterocycles. The van der Waals surface area contributed by atoms with Gasteiger partial charge in [0.2, 0.25) is 0 Å². The van der Waals surface area contributed by atoms with Crippen molar-refractivity contribution in [2.45, 2.75) is 103 Å². The summed E-state index contributed by atoms with van der Waals surface area (Å²) in [6, 6.07) is 5.08. The van der Waals surface area contributed by atoms with E-state index in [1.165, 1.54) is 64.2 Å². The molecule has 0 spiro atoms. The third-order valence-corrected chi connectivity index (χ3v) is 9.96. The molecule has 168 valence electrons. The zero-order valence-electron chi connectivity index (χ0n) is 18.5. The van der Waals surface area contributed by atoms with Crippen LogP contribution in [0, 0.1) is 0 Å². The number of hydrogen-bond acceptors (Lipinski definition) is 2. The van der Waals surface area contributed by atoms with E-state index in [1.54, 1.807) is 12.1 Å². The van der Waals surface area contributed by atoms with Crippen LogP contribution in [0.1, 0.15) is 91.4 Å². The van der Waals surface area contributed by atoms with Crippen LogP contribution in [0.3, 0.4) is 0 Å². The molecule has 2 nitrogen and oxygen atoms in total. The first kappa shape index (κ1) is 27.1. The average molecular weight is 482 g/mol. The fraction of sp³-hybridized carbons (Fsp3) is 0.739. The largest absolute Gasteiger partial charge is 0.519 e. The predicted molar refractivity (Wildman–Crippen MR) is 131 cm³/mol. The summed E-state index contributed by atoms with van der Waals surface area (Å²) >= 11 is 18.5. The van der Waals surface area contributed by atoms with E-state index in [2.05, 4.69) is 20.8 Å². The average Bonchev–Trinajstić information content (AvgIpc) is 2.71. The van der Waals surface area contributed by atoms with Gasteiger partial charge in [0.1, 0.15) is 5.75 Å². The maximum atomic E-state index is 6.32. The van der Waals surface area contributed by atoms with Gasteiger partial charge in [-0.1, -0.05) is 120 Å². The Morgan fingerprint density at radius 3 is 1.66 bits per heavy atom. The van der Waals surface area contributed by atoms with Gasteiger partial charge in [0.15, 0.2) is 0 Å². The summed E-state index contributed by atoms with van der Waals surface area (Å²) < 4.78 is 12.6. The van der Waals surface area contributed by atoms with Crippen molar-refractivity contribution < 1.29 is 8.85 Å². The molecule has 0 aromatic heterocycles. The molecule has 1 rings (SSSR count). The molecule has 0 aliphatic carbocycles. The van der Waals surface area contributed by atoms with Gasteiger partial charge in [0.25, 0.3) is 0 Å². The molecule has 0 saturated carbocycles. The quantitative estimate of drug-likeness (QED) is 0.125. The Hall–Kier alpha value is 0.0669. The summed E-state index contributed by atoms with van der Waals surface area (Å²) in [5, 5.41) is 1.37. The minimum absolute atomic E-state index is 0.436. The molecule has 0 radical (unpaired) electrons. The van der Waals surface area contributed by atoms with Crippen molar-refractivity contribution in [2.24, 2.45) is 0 Å². The molecule has 0 atom stereocenters. The van der Waals surface area contributed by atoms with Gasteiger partial charge in [-0.3, -0.25) is 0 Å². The third-order valence-electron chi connectivity index (χ3n) is 5.46. The van der Waals surface area contributed by atoms with Crippen molar-refractivity contribution >= 4 is 43.4 Å². The molecule has 1 aromatic carbocycles. The highest BCUT2D eigenvalue weighted by atomic mass is 35.5. The summed E-state index contributed by atoms with van der Waals surface area (Å²) in [4.78, 5) is 0. The molecule has 0 aliphatic heterocycles. The minimum Gasteiger partial charge on any atom is -0.519 e. The number of rotatable bonds is 17. The zero-order chi connectivity index (χ0) is 21.5. The van der Waals surface area contributed by atoms with E-state index < -0.39 is 8.56 Å². The lowest BCUT2D eigenvalue weighted by atomic mass is 10.1. The number of halogens is 3. The maximum Gasteiger partial charge on any atom is 0.398 e. The van der Waals surface area contributed by atoms with Crippen molar-refractivity contribution in [1.29, 1.82) is 0 Å². The fourth-order valence-corrected chi connectivity index (χ4v) is 6.42. The predicted octanol–water partition coefficient (Wildman–Crippen LogP) is 9.84. The second kappa shape index (κ2) is 15.8. The highest BCUT2D eigenvalue weighted by Gasteiger charge is 2.36. The summed E-state index contributed by atoms with van der Waals surface area (Å²) in [7, 11) is -2.34. The van der Waals surface area contributed by atoms with Crippen LogP contribution in [-0.4, -0.2) is 15.2 Å². The first-order valence-electron chi connectivity index (χ1n) is 11.5. The minimum atomic E-state index is -2.34. The fourth-order valence-electron chi connectivity index (χ4n) is 3.44. The lowest BCUT2D eigenvalue weighted by Gasteiger charge is -2.30. The van der Waals surface area contributed by atoms with Gasteiger partial charge < -0.3 is 8.85 Å². The van der Waals surface area contributed by atoms with Gasteiger partial charge in [-0.2, -0.15) is 0 Å². The zero-order valence-corrected chi connectivity index (χ0v) is 21.8. The second-order valence-corrected chi connectivity index (χ2v) is 12.8. The van der Waals surface area contributed by atoms with Gasteiger partial charge in [0, 0.05) is 12.7 Å². The molecule has 29 heavy (non-hydrogen) atoms. The van der Waals surface area contributed by atoms with Gasteiger partial charge in [-0.25, -0.2) is 0 Å². The van der Waals surface area contributed by atoms with Crippen LogP contribution >= 0.6 is 34.8 Å². The Morgan fingerprint density at radius 2 is 1.14 bits per heavy atom. The van der Waals surface area contributed by atoms with Crippen LogP contribution in [0.25, 0.3) is 0 Å². The Balaban J connectivity index is 2.28. The third kappa shape index (κ3) is 10.8. The van der Waals surface area contributed by atoms with Crippen LogP contribution in [0.15, 0.2) is 12.1 Å². The molecule has 0 unspecified atom stereocenters. The molecular weight excluding hydrogens is 443 g/mol. The highest BCUT2D eigenvalue weighted by molar-refractivity contribution is 6.68. The molecular formula is C23H39Cl3O2Si. The van der Waals surface area contributed by atoms with Crippen molar-refractivity contribution in [3.63, 3.8) is 0 Å². The summed E-state index contributed by atoms with van der Waals surface area (Å²) in [6.45, 7) is 7.28. The summed E-state index contributed by atoms with van der Waals surface area (Å²) in [5.41, 5.74) is 0. The number of hydrogen-bond donors (Lipinski definition) is 0. The Bertz CT molecular complexity index is 565. The van der Waals surface area contributed by atoms with Crippen molar-refractivity contribution in [1.82, 2.24) is 0 Å². The molecule has 0 fully saturated rings. The van der Waals surface area contributed by atoms with Gasteiger partial charge in [-0.05, 0) is 24.6 Å². The number of unbranched alkanes of at least 4 members (excludes halogenated alkanes) is 10. The van der Waals surface area contributed by atoms with Crippen LogP contribution in [0.2, 0.25) is 27.2 Å². The first-order valence-corrected chi connectivity index (χ1v) is 14.8. The van der Waals surface area contributed by atoms with Crippen LogP contribution in [-0.2, 0) is 4.43 Å². The van der Waals surface area contributed by atoms with Gasteiger partial charge in [0.05, 0.1) is 15.1 Å². The number of benzene rings is 1. The van der Waals surface area contributed by atoms with Crippen LogP contribution in [0.5, 0.6) is 5.75 Å². The lowest BCUT2D eigenvalue weighted by Crippen LogP contribution is -2.44. The van der Waals surface area contributed by atoms with Crippen molar-refractivity contribution in [3.05, 3.63) is 27.2 Å². The highest BCUT2D eigenvalue weighted by Crippen LogP contribution is 2.36. The Morgan fingerprint density at radius 1 is 0.655 bits per heavy atom. The van der Waals surface area contributed by atoms with E-state index in [0.717, 1.165) is 25.1 Å². The van der Waals surface area contributed by atoms with E-state index in [1.807, 2.05) is 0 Å². The molecule has 0 amide bonds. The molecule has 6 heteroatoms. The van der Waals surface area contributed by atoms with Crippen LogP contribution < -0.4 is 4.43 Å². The molecule has 0 bridgehead atoms. The first-order chi connectivity index (χ1) is 14.0. The van der Waals surface area contributed by atoms with Crippen LogP contribution in [0.4, 0.5) is 0 Å². The van der Waals surface area contributed by atoms with E-state index in [4.69, 9.17) is 43.7 Å². The molecule has 0 heterocycles. The van der Waals surface area contributed by atoms with Crippen molar-refractivity contribution in [3.8, 4) is 5.75 Å². The van der Waals surface area contributed by atoms with E-state index in [-0.39, 0.29) is 0 Å².